The van der Waals surface area contributed by atoms with Crippen LogP contribution in [0.1, 0.15) is 19.8 Å². The fraction of sp³-hybridized carbons (Fsp3) is 0.778. The second-order valence-corrected chi connectivity index (χ2v) is 3.96. The van der Waals surface area contributed by atoms with E-state index in [4.69, 9.17) is 5.11 Å². The number of carboxylic acid groups (broad SMARTS) is 1. The maximum atomic E-state index is 11.3. The highest BCUT2D eigenvalue weighted by Crippen LogP contribution is 2.33. The summed E-state index contributed by atoms with van der Waals surface area (Å²) in [6, 6.07) is -0.349. The van der Waals surface area contributed by atoms with E-state index in [1.54, 1.807) is 0 Å². The van der Waals surface area contributed by atoms with E-state index in [0.29, 0.717) is 0 Å². The van der Waals surface area contributed by atoms with E-state index >= 15 is 0 Å². The van der Waals surface area contributed by atoms with E-state index < -0.39 is 12.1 Å². The van der Waals surface area contributed by atoms with Gasteiger partial charge in [0.15, 0.2) is 6.10 Å². The zero-order valence-corrected chi connectivity index (χ0v) is 8.87. The standard InChI is InChI=1S/C9H16N2O4/c1-9(3-4-9)11-8(14)10-5-6(15-2)7(12)13/h6H,3-5H2,1-2H3,(H,12,13)(H2,10,11,14). The molecule has 1 aliphatic rings. The number of carbonyl (C=O) groups excluding carboxylic acids is 1. The first kappa shape index (κ1) is 11.8. The topological polar surface area (TPSA) is 87.7 Å². The highest BCUT2D eigenvalue weighted by Gasteiger charge is 2.38. The summed E-state index contributed by atoms with van der Waals surface area (Å²) in [5, 5.41) is 13.8. The molecule has 86 valence electrons. The van der Waals surface area contributed by atoms with Gasteiger partial charge < -0.3 is 20.5 Å². The second kappa shape index (κ2) is 4.48. The van der Waals surface area contributed by atoms with Crippen LogP contribution in [0, 0.1) is 0 Å². The summed E-state index contributed by atoms with van der Waals surface area (Å²) in [5.74, 6) is -1.09. The molecule has 2 amide bonds. The first-order chi connectivity index (χ1) is 6.97. The molecule has 0 aromatic heterocycles. The quantitative estimate of drug-likeness (QED) is 0.600. The number of hydrogen-bond donors (Lipinski definition) is 3. The Morgan fingerprint density at radius 3 is 2.53 bits per heavy atom. The molecule has 0 heterocycles. The van der Waals surface area contributed by atoms with E-state index in [0.717, 1.165) is 12.8 Å². The Bertz CT molecular complexity index is 263. The average molecular weight is 216 g/mol. The third kappa shape index (κ3) is 3.75. The van der Waals surface area contributed by atoms with Gasteiger partial charge >= 0.3 is 12.0 Å². The van der Waals surface area contributed by atoms with Crippen molar-refractivity contribution < 1.29 is 19.4 Å². The van der Waals surface area contributed by atoms with Crippen LogP contribution in [-0.2, 0) is 9.53 Å². The molecule has 6 nitrogen and oxygen atoms in total. The zero-order valence-electron chi connectivity index (χ0n) is 8.87. The maximum Gasteiger partial charge on any atom is 0.334 e. The van der Waals surface area contributed by atoms with Crippen LogP contribution < -0.4 is 10.6 Å². The Hall–Kier alpha value is -1.30. The molecule has 1 atom stereocenters. The molecule has 1 fully saturated rings. The molecule has 0 aliphatic heterocycles. The van der Waals surface area contributed by atoms with Crippen LogP contribution in [0.5, 0.6) is 0 Å². The van der Waals surface area contributed by atoms with Gasteiger partial charge in [0.2, 0.25) is 0 Å². The summed E-state index contributed by atoms with van der Waals surface area (Å²) in [4.78, 5) is 21.8. The fourth-order valence-corrected chi connectivity index (χ4v) is 1.09. The zero-order chi connectivity index (χ0) is 11.5. The van der Waals surface area contributed by atoms with Crippen molar-refractivity contribution in [3.05, 3.63) is 0 Å². The Kier molecular flexibility index (Phi) is 3.52. The van der Waals surface area contributed by atoms with Gasteiger partial charge in [0.05, 0.1) is 6.54 Å². The SMILES string of the molecule is COC(CNC(=O)NC1(C)CC1)C(=O)O. The largest absolute Gasteiger partial charge is 0.479 e. The lowest BCUT2D eigenvalue weighted by Gasteiger charge is -2.15. The van der Waals surface area contributed by atoms with Gasteiger partial charge in [0, 0.05) is 12.6 Å². The van der Waals surface area contributed by atoms with Crippen molar-refractivity contribution in [2.45, 2.75) is 31.4 Å². The highest BCUT2D eigenvalue weighted by molar-refractivity contribution is 5.77. The second-order valence-electron chi connectivity index (χ2n) is 3.96. The number of carboxylic acids is 1. The molecule has 1 unspecified atom stereocenters. The molecule has 3 N–H and O–H groups in total. The van der Waals surface area contributed by atoms with E-state index in [1.807, 2.05) is 6.92 Å². The minimum atomic E-state index is -1.09. The summed E-state index contributed by atoms with van der Waals surface area (Å²) >= 11 is 0. The van der Waals surface area contributed by atoms with Crippen molar-refractivity contribution in [1.82, 2.24) is 10.6 Å². The lowest BCUT2D eigenvalue weighted by atomic mass is 10.3. The van der Waals surface area contributed by atoms with Gasteiger partial charge in [-0.3, -0.25) is 0 Å². The van der Waals surface area contributed by atoms with Gasteiger partial charge in [0.1, 0.15) is 0 Å². The first-order valence-electron chi connectivity index (χ1n) is 4.78. The monoisotopic (exact) mass is 216 g/mol. The Morgan fingerprint density at radius 1 is 1.53 bits per heavy atom. The van der Waals surface area contributed by atoms with Crippen molar-refractivity contribution in [3.8, 4) is 0 Å². The van der Waals surface area contributed by atoms with Gasteiger partial charge in [-0.1, -0.05) is 0 Å². The number of ether oxygens (including phenoxy) is 1. The van der Waals surface area contributed by atoms with Gasteiger partial charge in [-0.05, 0) is 19.8 Å². The highest BCUT2D eigenvalue weighted by atomic mass is 16.5. The molecule has 0 bridgehead atoms. The number of aliphatic carboxylic acids is 1. The third-order valence-corrected chi connectivity index (χ3v) is 2.42. The Balaban J connectivity index is 2.23. The predicted octanol–water partition coefficient (Wildman–Crippen LogP) is -0.0623. The molecule has 0 aromatic carbocycles. The van der Waals surface area contributed by atoms with E-state index in [-0.39, 0.29) is 18.1 Å². The molecule has 1 saturated carbocycles. The summed E-state index contributed by atoms with van der Waals surface area (Å²) in [6.07, 6.45) is 0.933. The number of nitrogens with one attached hydrogen (secondary N) is 2. The van der Waals surface area contributed by atoms with E-state index in [9.17, 15) is 9.59 Å². The molecule has 15 heavy (non-hydrogen) atoms. The van der Waals surface area contributed by atoms with Crippen LogP contribution in [0.25, 0.3) is 0 Å². The average Bonchev–Trinajstić information content (AvgIpc) is 2.83. The van der Waals surface area contributed by atoms with Crippen LogP contribution >= 0.6 is 0 Å². The fourth-order valence-electron chi connectivity index (χ4n) is 1.09. The smallest absolute Gasteiger partial charge is 0.334 e. The normalized spacial score (nSPS) is 19.1. The van der Waals surface area contributed by atoms with E-state index in [2.05, 4.69) is 15.4 Å². The van der Waals surface area contributed by atoms with Crippen LogP contribution in [0.15, 0.2) is 0 Å². The summed E-state index contributed by atoms with van der Waals surface area (Å²) < 4.78 is 4.67. The number of urea groups is 1. The van der Waals surface area contributed by atoms with E-state index in [1.165, 1.54) is 7.11 Å². The van der Waals surface area contributed by atoms with Gasteiger partial charge in [-0.25, -0.2) is 9.59 Å². The molecule has 0 aromatic rings. The van der Waals surface area contributed by atoms with Crippen LogP contribution in [-0.4, -0.2) is 42.4 Å². The molecule has 6 heteroatoms. The van der Waals surface area contributed by atoms with Gasteiger partial charge in [-0.15, -0.1) is 0 Å². The lowest BCUT2D eigenvalue weighted by molar-refractivity contribution is -0.147. The minimum Gasteiger partial charge on any atom is -0.479 e. The number of rotatable bonds is 5. The molecule has 0 radical (unpaired) electrons. The van der Waals surface area contributed by atoms with Crippen LogP contribution in [0.4, 0.5) is 4.79 Å². The Morgan fingerprint density at radius 2 is 2.13 bits per heavy atom. The van der Waals surface area contributed by atoms with Crippen molar-refractivity contribution in [1.29, 1.82) is 0 Å². The van der Waals surface area contributed by atoms with Crippen molar-refractivity contribution in [2.75, 3.05) is 13.7 Å². The summed E-state index contributed by atoms with van der Waals surface area (Å²) in [5.41, 5.74) is -0.101. The van der Waals surface area contributed by atoms with Crippen LogP contribution in [0.2, 0.25) is 0 Å². The van der Waals surface area contributed by atoms with Gasteiger partial charge in [0.25, 0.3) is 0 Å². The summed E-state index contributed by atoms with van der Waals surface area (Å²) in [7, 11) is 1.29. The predicted molar refractivity (Wildman–Crippen MR) is 52.6 cm³/mol. The molecular formula is C9H16N2O4. The number of methoxy groups -OCH3 is 1. The van der Waals surface area contributed by atoms with Crippen molar-refractivity contribution in [3.63, 3.8) is 0 Å². The van der Waals surface area contributed by atoms with Crippen LogP contribution in [0.3, 0.4) is 0 Å². The molecular weight excluding hydrogens is 200 g/mol. The number of hydrogen-bond acceptors (Lipinski definition) is 3. The van der Waals surface area contributed by atoms with Gasteiger partial charge in [-0.2, -0.15) is 0 Å². The number of amides is 2. The van der Waals surface area contributed by atoms with Crippen molar-refractivity contribution >= 4 is 12.0 Å². The molecule has 1 aliphatic carbocycles. The molecule has 1 rings (SSSR count). The lowest BCUT2D eigenvalue weighted by Crippen LogP contribution is -2.46. The van der Waals surface area contributed by atoms with Crippen molar-refractivity contribution in [2.24, 2.45) is 0 Å². The number of carbonyl (C=O) groups is 2. The Labute approximate surface area is 88.0 Å². The third-order valence-electron chi connectivity index (χ3n) is 2.42. The molecule has 0 saturated heterocycles. The minimum absolute atomic E-state index is 0.0340. The molecule has 0 spiro atoms. The maximum absolute atomic E-state index is 11.3. The summed E-state index contributed by atoms with van der Waals surface area (Å²) in [6.45, 7) is 1.91. The first-order valence-corrected chi connectivity index (χ1v) is 4.78.